The van der Waals surface area contributed by atoms with Gasteiger partial charge in [-0.3, -0.25) is 19.5 Å². The maximum atomic E-state index is 13.8. The number of amides is 1. The Balaban J connectivity index is 1.59. The van der Waals surface area contributed by atoms with Gasteiger partial charge in [-0.2, -0.15) is 0 Å². The number of aliphatic carboxylic acids is 1. The molecule has 3 heterocycles. The van der Waals surface area contributed by atoms with Gasteiger partial charge in [0.25, 0.3) is 0 Å². The number of unbranched alkanes of at least 4 members (excludes halogenated alkanes) is 2. The van der Waals surface area contributed by atoms with E-state index in [0.29, 0.717) is 43.2 Å². The maximum Gasteiger partial charge on any atom is 0.308 e. The fraction of sp³-hybridized carbons (Fsp3) is 0.594. The van der Waals surface area contributed by atoms with Crippen molar-refractivity contribution in [3.8, 4) is 17.2 Å². The van der Waals surface area contributed by atoms with Crippen LogP contribution in [0.5, 0.6) is 17.2 Å². The number of methoxy groups -OCH3 is 1. The van der Waals surface area contributed by atoms with E-state index in [-0.39, 0.29) is 31.2 Å². The monoisotopic (exact) mass is 582 g/mol. The van der Waals surface area contributed by atoms with Crippen LogP contribution in [0.15, 0.2) is 36.5 Å². The number of aryl methyl sites for hydroxylation is 1. The van der Waals surface area contributed by atoms with E-state index >= 15 is 0 Å². The number of hydrogen-bond donors (Lipinski definition) is 1. The van der Waals surface area contributed by atoms with Crippen molar-refractivity contribution in [3.05, 3.63) is 47.8 Å². The van der Waals surface area contributed by atoms with E-state index in [1.807, 2.05) is 35.2 Å². The number of aromatic nitrogens is 1. The molecule has 10 nitrogen and oxygen atoms in total. The van der Waals surface area contributed by atoms with E-state index in [1.165, 1.54) is 0 Å². The highest BCUT2D eigenvalue weighted by molar-refractivity contribution is 5.79. The van der Waals surface area contributed by atoms with Crippen molar-refractivity contribution in [3.63, 3.8) is 0 Å². The van der Waals surface area contributed by atoms with E-state index in [1.54, 1.807) is 13.3 Å². The molecule has 0 unspecified atom stereocenters. The van der Waals surface area contributed by atoms with Gasteiger partial charge in [-0.05, 0) is 82.6 Å². The number of likely N-dealkylation sites (tertiary alicyclic amines) is 1. The molecule has 2 aliphatic rings. The quantitative estimate of drug-likeness (QED) is 0.295. The third kappa shape index (κ3) is 7.92. The lowest BCUT2D eigenvalue weighted by atomic mass is 9.83. The number of pyridine rings is 1. The minimum absolute atomic E-state index is 0.0594. The molecule has 0 aliphatic carbocycles. The highest BCUT2D eigenvalue weighted by Gasteiger charge is 2.47. The van der Waals surface area contributed by atoms with Crippen LogP contribution >= 0.6 is 0 Å². The summed E-state index contributed by atoms with van der Waals surface area (Å²) < 4.78 is 16.8. The third-order valence-electron chi connectivity index (χ3n) is 8.32. The predicted octanol–water partition coefficient (Wildman–Crippen LogP) is 3.89. The van der Waals surface area contributed by atoms with Crippen LogP contribution in [0.2, 0.25) is 0 Å². The van der Waals surface area contributed by atoms with Gasteiger partial charge in [0.05, 0.1) is 19.6 Å². The molecule has 0 saturated carbocycles. The molecule has 4 rings (SSSR count). The molecular formula is C32H46N4O6. The Morgan fingerprint density at radius 1 is 1.12 bits per heavy atom. The number of carbonyl (C=O) groups is 2. The number of hydrogen-bond acceptors (Lipinski definition) is 8. The summed E-state index contributed by atoms with van der Waals surface area (Å²) in [6.07, 6.45) is 6.87. The summed E-state index contributed by atoms with van der Waals surface area (Å²) in [6.45, 7) is 5.27. The number of benzene rings is 1. The van der Waals surface area contributed by atoms with Crippen molar-refractivity contribution in [1.29, 1.82) is 0 Å². The topological polar surface area (TPSA) is 105 Å². The molecule has 0 spiro atoms. The summed E-state index contributed by atoms with van der Waals surface area (Å²) in [5.41, 5.74) is 1.72. The summed E-state index contributed by atoms with van der Waals surface area (Å²) in [5.74, 6) is -0.268. The number of ether oxygens (including phenoxy) is 3. The van der Waals surface area contributed by atoms with Crippen molar-refractivity contribution in [2.75, 3.05) is 60.7 Å². The Labute approximate surface area is 249 Å². The second kappa shape index (κ2) is 15.2. The Morgan fingerprint density at radius 3 is 2.60 bits per heavy atom. The Bertz CT molecular complexity index is 1180. The Morgan fingerprint density at radius 2 is 1.90 bits per heavy atom. The third-order valence-corrected chi connectivity index (χ3v) is 8.32. The zero-order chi connectivity index (χ0) is 30.1. The smallest absolute Gasteiger partial charge is 0.308 e. The summed E-state index contributed by atoms with van der Waals surface area (Å²) in [6, 6.07) is 9.16. The van der Waals surface area contributed by atoms with Crippen molar-refractivity contribution in [1.82, 2.24) is 19.7 Å². The number of carboxylic acids is 1. The standard InChI is InChI=1S/C32H46N4O6/c1-5-6-16-35(17-10-9-15-34(2)3)29(37)21-36-20-25(23-18-27(40-4)31-28(19-23)41-22-42-31)30(32(38)39)26(36)13-12-24-11-7-8-14-33-24/h7-8,11,14,18-19,25-26,30H,5-6,9-10,12-13,15-17,20-22H2,1-4H3,(H,38,39)/t25-,26-,30+/m1/s1. The zero-order valence-electron chi connectivity index (χ0n) is 25.5. The molecule has 3 atom stereocenters. The van der Waals surface area contributed by atoms with E-state index in [9.17, 15) is 14.7 Å². The lowest BCUT2D eigenvalue weighted by Gasteiger charge is -2.30. The Kier molecular flexibility index (Phi) is 11.4. The molecule has 2 aliphatic heterocycles. The molecule has 1 aromatic heterocycles. The van der Waals surface area contributed by atoms with Crippen LogP contribution in [-0.2, 0) is 16.0 Å². The van der Waals surface area contributed by atoms with Crippen LogP contribution < -0.4 is 14.2 Å². The largest absolute Gasteiger partial charge is 0.493 e. The number of fused-ring (bicyclic) bond motifs is 1. The molecule has 10 heteroatoms. The van der Waals surface area contributed by atoms with E-state index in [0.717, 1.165) is 50.0 Å². The lowest BCUT2D eigenvalue weighted by molar-refractivity contribution is -0.143. The van der Waals surface area contributed by atoms with Gasteiger partial charge in [0.2, 0.25) is 18.4 Å². The summed E-state index contributed by atoms with van der Waals surface area (Å²) in [7, 11) is 5.68. The van der Waals surface area contributed by atoms with E-state index < -0.39 is 11.9 Å². The van der Waals surface area contributed by atoms with Gasteiger partial charge in [-0.15, -0.1) is 0 Å². The number of nitrogens with zero attached hydrogens (tertiary/aromatic N) is 4. The predicted molar refractivity (Wildman–Crippen MR) is 160 cm³/mol. The van der Waals surface area contributed by atoms with Crippen LogP contribution in [0.4, 0.5) is 0 Å². The fourth-order valence-corrected chi connectivity index (χ4v) is 6.11. The highest BCUT2D eigenvalue weighted by atomic mass is 16.7. The summed E-state index contributed by atoms with van der Waals surface area (Å²) in [4.78, 5) is 37.4. The van der Waals surface area contributed by atoms with Gasteiger partial charge in [-0.25, -0.2) is 0 Å². The van der Waals surface area contributed by atoms with Crippen LogP contribution in [0, 0.1) is 5.92 Å². The van der Waals surface area contributed by atoms with Gasteiger partial charge in [-0.1, -0.05) is 19.4 Å². The number of carboxylic acid groups (broad SMARTS) is 1. The maximum absolute atomic E-state index is 13.8. The van der Waals surface area contributed by atoms with E-state index in [4.69, 9.17) is 14.2 Å². The lowest BCUT2D eigenvalue weighted by Crippen LogP contribution is -2.45. The first-order valence-electron chi connectivity index (χ1n) is 15.1. The summed E-state index contributed by atoms with van der Waals surface area (Å²) in [5, 5.41) is 10.6. The number of rotatable bonds is 16. The molecular weight excluding hydrogens is 536 g/mol. The SMILES string of the molecule is CCCCN(CCCCN(C)C)C(=O)CN1C[C@H](c2cc(OC)c3c(c2)OCO3)[C@H](C(=O)O)[C@H]1CCc1ccccn1. The van der Waals surface area contributed by atoms with Gasteiger partial charge in [0, 0.05) is 43.5 Å². The molecule has 0 bridgehead atoms. The molecule has 1 aromatic carbocycles. The molecule has 1 saturated heterocycles. The zero-order valence-corrected chi connectivity index (χ0v) is 25.5. The molecule has 42 heavy (non-hydrogen) atoms. The number of carbonyl (C=O) groups excluding carboxylic acids is 1. The first-order valence-corrected chi connectivity index (χ1v) is 15.1. The van der Waals surface area contributed by atoms with Gasteiger partial charge < -0.3 is 29.1 Å². The second-order valence-corrected chi connectivity index (χ2v) is 11.5. The molecule has 2 aromatic rings. The first-order chi connectivity index (χ1) is 20.3. The molecule has 1 fully saturated rings. The first kappa shape index (κ1) is 31.6. The van der Waals surface area contributed by atoms with Crippen LogP contribution in [0.1, 0.15) is 56.2 Å². The average molecular weight is 583 g/mol. The molecule has 1 amide bonds. The van der Waals surface area contributed by atoms with E-state index in [2.05, 4.69) is 35.8 Å². The van der Waals surface area contributed by atoms with Crippen LogP contribution in [0.25, 0.3) is 0 Å². The van der Waals surface area contributed by atoms with Crippen molar-refractivity contribution < 1.29 is 28.9 Å². The van der Waals surface area contributed by atoms with Crippen molar-refractivity contribution in [2.45, 2.75) is 57.4 Å². The van der Waals surface area contributed by atoms with Gasteiger partial charge in [0.1, 0.15) is 0 Å². The van der Waals surface area contributed by atoms with Crippen molar-refractivity contribution in [2.24, 2.45) is 5.92 Å². The van der Waals surface area contributed by atoms with Crippen LogP contribution in [0.3, 0.4) is 0 Å². The molecule has 1 N–H and O–H groups in total. The summed E-state index contributed by atoms with van der Waals surface area (Å²) >= 11 is 0. The average Bonchev–Trinajstić information content (AvgIpc) is 3.60. The normalized spacial score (nSPS) is 19.8. The van der Waals surface area contributed by atoms with Gasteiger partial charge in [0.15, 0.2) is 11.5 Å². The van der Waals surface area contributed by atoms with Crippen LogP contribution in [-0.4, -0.2) is 103 Å². The molecule has 230 valence electrons. The minimum atomic E-state index is -0.871. The Hall–Kier alpha value is -3.37. The fourth-order valence-electron chi connectivity index (χ4n) is 6.11. The second-order valence-electron chi connectivity index (χ2n) is 11.5. The highest BCUT2D eigenvalue weighted by Crippen LogP contribution is 2.47. The molecule has 0 radical (unpaired) electrons. The van der Waals surface area contributed by atoms with Crippen molar-refractivity contribution >= 4 is 11.9 Å². The minimum Gasteiger partial charge on any atom is -0.493 e. The van der Waals surface area contributed by atoms with Gasteiger partial charge >= 0.3 is 5.97 Å².